The van der Waals surface area contributed by atoms with Crippen molar-refractivity contribution in [3.05, 3.63) is 94.0 Å². The fourth-order valence-electron chi connectivity index (χ4n) is 4.65. The van der Waals surface area contributed by atoms with E-state index in [0.29, 0.717) is 34.9 Å². The predicted octanol–water partition coefficient (Wildman–Crippen LogP) is 5.10. The molecule has 4 rings (SSSR count). The summed E-state index contributed by atoms with van der Waals surface area (Å²) in [6, 6.07) is 18.0. The molecule has 0 aromatic heterocycles. The molecule has 0 bridgehead atoms. The Morgan fingerprint density at radius 1 is 1.02 bits per heavy atom. The maximum absolute atomic E-state index is 13.7. The summed E-state index contributed by atoms with van der Waals surface area (Å²) >= 11 is 5.98. The number of amides is 1. The van der Waals surface area contributed by atoms with Crippen LogP contribution in [0.1, 0.15) is 47.9 Å². The van der Waals surface area contributed by atoms with E-state index < -0.39 is 22.0 Å². The zero-order chi connectivity index (χ0) is 28.7. The van der Waals surface area contributed by atoms with Crippen molar-refractivity contribution in [2.75, 3.05) is 6.54 Å². The van der Waals surface area contributed by atoms with Crippen molar-refractivity contribution in [3.8, 4) is 5.75 Å². The van der Waals surface area contributed by atoms with Crippen LogP contribution in [0.25, 0.3) is 0 Å². The van der Waals surface area contributed by atoms with Crippen LogP contribution < -0.4 is 9.46 Å². The molecule has 0 unspecified atom stereocenters. The van der Waals surface area contributed by atoms with Gasteiger partial charge in [0.15, 0.2) is 0 Å². The van der Waals surface area contributed by atoms with E-state index in [0.717, 1.165) is 30.4 Å². The van der Waals surface area contributed by atoms with E-state index in [2.05, 4.69) is 4.72 Å². The summed E-state index contributed by atoms with van der Waals surface area (Å²) in [4.78, 5) is 26.8. The van der Waals surface area contributed by atoms with Gasteiger partial charge in [0, 0.05) is 23.7 Å². The summed E-state index contributed by atoms with van der Waals surface area (Å²) in [7, 11) is -3.90. The highest BCUT2D eigenvalue weighted by Gasteiger charge is 2.31. The Morgan fingerprint density at radius 2 is 1.73 bits per heavy atom. The first kappa shape index (κ1) is 29.6. The molecule has 1 aliphatic heterocycles. The summed E-state index contributed by atoms with van der Waals surface area (Å²) in [6.07, 6.45) is 2.57. The summed E-state index contributed by atoms with van der Waals surface area (Å²) in [5, 5.41) is 9.93. The average Bonchev–Trinajstić information content (AvgIpc) is 2.90. The number of halogens is 1. The van der Waals surface area contributed by atoms with Crippen LogP contribution in [0.4, 0.5) is 0 Å². The average molecular weight is 585 g/mol. The predicted molar refractivity (Wildman–Crippen MR) is 153 cm³/mol. The fourth-order valence-corrected chi connectivity index (χ4v) is 6.00. The second-order valence-electron chi connectivity index (χ2n) is 10.0. The van der Waals surface area contributed by atoms with Crippen LogP contribution in [0.15, 0.2) is 71.6 Å². The van der Waals surface area contributed by atoms with Crippen LogP contribution in [0.3, 0.4) is 0 Å². The summed E-state index contributed by atoms with van der Waals surface area (Å²) in [5.41, 5.74) is 3.07. The van der Waals surface area contributed by atoms with E-state index in [1.807, 2.05) is 19.1 Å². The molecular weight excluding hydrogens is 552 g/mol. The number of likely N-dealkylation sites (tertiary alicyclic amines) is 1. The Labute approximate surface area is 240 Å². The number of sulfonamides is 1. The van der Waals surface area contributed by atoms with Crippen molar-refractivity contribution in [1.82, 2.24) is 9.62 Å². The van der Waals surface area contributed by atoms with Crippen LogP contribution in [-0.4, -0.2) is 42.9 Å². The minimum absolute atomic E-state index is 0.110. The van der Waals surface area contributed by atoms with Gasteiger partial charge in [0.25, 0.3) is 0 Å². The number of rotatable bonds is 10. The third kappa shape index (κ3) is 8.06. The van der Waals surface area contributed by atoms with Crippen LogP contribution in [0.5, 0.6) is 5.75 Å². The van der Waals surface area contributed by atoms with Crippen molar-refractivity contribution >= 4 is 33.5 Å². The Morgan fingerprint density at radius 3 is 2.42 bits per heavy atom. The summed E-state index contributed by atoms with van der Waals surface area (Å²) in [5.74, 6) is -0.757. The number of nitrogens with one attached hydrogen (secondary N) is 1. The summed E-state index contributed by atoms with van der Waals surface area (Å²) in [6.45, 7) is 2.74. The second-order valence-corrected chi connectivity index (χ2v) is 12.2. The Kier molecular flexibility index (Phi) is 9.84. The SMILES string of the molecule is Cc1ccc(S(=O)(=O)N[C@@H]2CCCCCN(Cc3cc(CC(=O)O)ccc3OCc3ccc(Cl)cc3)C2=O)cc1. The number of benzene rings is 3. The molecule has 1 saturated heterocycles. The van der Waals surface area contributed by atoms with Crippen molar-refractivity contribution in [1.29, 1.82) is 0 Å². The molecule has 40 heavy (non-hydrogen) atoms. The molecule has 0 spiro atoms. The molecule has 1 amide bonds. The van der Waals surface area contributed by atoms with Gasteiger partial charge in [0.2, 0.25) is 15.9 Å². The quantitative estimate of drug-likeness (QED) is 0.343. The molecule has 10 heteroatoms. The normalized spacial score (nSPS) is 16.3. The number of nitrogens with zero attached hydrogens (tertiary/aromatic N) is 1. The first-order valence-corrected chi connectivity index (χ1v) is 15.1. The number of carboxylic acid groups (broad SMARTS) is 1. The van der Waals surface area contributed by atoms with Gasteiger partial charge >= 0.3 is 5.97 Å². The first-order valence-electron chi connectivity index (χ1n) is 13.2. The number of carbonyl (C=O) groups is 2. The van der Waals surface area contributed by atoms with Gasteiger partial charge in [-0.05, 0) is 67.3 Å². The van der Waals surface area contributed by atoms with Gasteiger partial charge in [-0.3, -0.25) is 9.59 Å². The number of hydrogen-bond donors (Lipinski definition) is 2. The van der Waals surface area contributed by atoms with E-state index in [1.165, 1.54) is 12.1 Å². The zero-order valence-electron chi connectivity index (χ0n) is 22.3. The molecule has 3 aromatic rings. The van der Waals surface area contributed by atoms with E-state index in [1.54, 1.807) is 47.4 Å². The van der Waals surface area contributed by atoms with Crippen LogP contribution in [-0.2, 0) is 39.2 Å². The number of carboxylic acids is 1. The van der Waals surface area contributed by atoms with Gasteiger partial charge in [-0.25, -0.2) is 8.42 Å². The van der Waals surface area contributed by atoms with E-state index >= 15 is 0 Å². The molecule has 0 radical (unpaired) electrons. The second kappa shape index (κ2) is 13.3. The Bertz CT molecular complexity index is 1440. The van der Waals surface area contributed by atoms with Gasteiger partial charge in [0.05, 0.1) is 11.3 Å². The number of aliphatic carboxylic acids is 1. The van der Waals surface area contributed by atoms with E-state index in [9.17, 15) is 23.1 Å². The highest BCUT2D eigenvalue weighted by atomic mass is 35.5. The monoisotopic (exact) mass is 584 g/mol. The van der Waals surface area contributed by atoms with Gasteiger partial charge in [-0.2, -0.15) is 4.72 Å². The topological polar surface area (TPSA) is 113 Å². The Balaban J connectivity index is 1.57. The molecule has 2 N–H and O–H groups in total. The van der Waals surface area contributed by atoms with E-state index in [4.69, 9.17) is 16.3 Å². The maximum Gasteiger partial charge on any atom is 0.307 e. The lowest BCUT2D eigenvalue weighted by molar-refractivity contribution is -0.136. The van der Waals surface area contributed by atoms with Crippen molar-refractivity contribution in [2.45, 2.75) is 63.1 Å². The molecule has 1 fully saturated rings. The number of aryl methyl sites for hydroxylation is 1. The largest absolute Gasteiger partial charge is 0.489 e. The lowest BCUT2D eigenvalue weighted by atomic mass is 10.0. The molecule has 212 valence electrons. The number of carbonyl (C=O) groups excluding carboxylic acids is 1. The van der Waals surface area contributed by atoms with Crippen molar-refractivity contribution < 1.29 is 27.9 Å². The van der Waals surface area contributed by atoms with Crippen molar-refractivity contribution in [3.63, 3.8) is 0 Å². The highest BCUT2D eigenvalue weighted by Crippen LogP contribution is 2.26. The van der Waals surface area contributed by atoms with Gasteiger partial charge in [-0.15, -0.1) is 0 Å². The Hall–Kier alpha value is -3.40. The molecule has 1 aliphatic rings. The standard InChI is InChI=1S/C30H33ClN2O6S/c1-21-6-13-26(14-7-21)40(37,38)32-27-5-3-2-4-16-33(30(27)36)19-24-17-23(18-29(34)35)10-15-28(24)39-20-22-8-11-25(31)12-9-22/h6-15,17,27,32H,2-5,16,18-20H2,1H3,(H,34,35)/t27-/m1/s1. The van der Waals surface area contributed by atoms with Crippen molar-refractivity contribution in [2.24, 2.45) is 0 Å². The van der Waals surface area contributed by atoms with Crippen LogP contribution in [0.2, 0.25) is 5.02 Å². The number of ether oxygens (including phenoxy) is 1. The van der Waals surface area contributed by atoms with Gasteiger partial charge in [-0.1, -0.05) is 60.3 Å². The zero-order valence-corrected chi connectivity index (χ0v) is 23.9. The minimum atomic E-state index is -3.90. The molecule has 0 saturated carbocycles. The smallest absolute Gasteiger partial charge is 0.307 e. The third-order valence-electron chi connectivity index (χ3n) is 6.81. The van der Waals surface area contributed by atoms with Gasteiger partial charge in [0.1, 0.15) is 18.4 Å². The molecule has 1 atom stereocenters. The van der Waals surface area contributed by atoms with Gasteiger partial charge < -0.3 is 14.7 Å². The highest BCUT2D eigenvalue weighted by molar-refractivity contribution is 7.89. The van der Waals surface area contributed by atoms with E-state index in [-0.39, 0.29) is 30.4 Å². The van der Waals surface area contributed by atoms with Crippen LogP contribution >= 0.6 is 11.6 Å². The molecule has 3 aromatic carbocycles. The fraction of sp³-hybridized carbons (Fsp3) is 0.333. The molecular formula is C30H33ClN2O6S. The number of hydrogen-bond acceptors (Lipinski definition) is 5. The minimum Gasteiger partial charge on any atom is -0.489 e. The van der Waals surface area contributed by atoms with Crippen LogP contribution in [0, 0.1) is 6.92 Å². The lowest BCUT2D eigenvalue weighted by Gasteiger charge is -2.30. The molecule has 0 aliphatic carbocycles. The third-order valence-corrected chi connectivity index (χ3v) is 8.55. The lowest BCUT2D eigenvalue weighted by Crippen LogP contribution is -2.49. The first-order chi connectivity index (χ1) is 19.1. The maximum atomic E-state index is 13.7. The molecule has 1 heterocycles. The molecule has 8 nitrogen and oxygen atoms in total. The summed E-state index contributed by atoms with van der Waals surface area (Å²) < 4.78 is 34.9.